The van der Waals surface area contributed by atoms with E-state index in [2.05, 4.69) is 17.5 Å². The standard InChI is InChI=1S/C15H15Cl6N3O/c1-2-3-8-25-11-6-4-10(5-7-11)24-22-12(14(16,17)18)9-13(23-24)15(19,20)21/h4-7,9,22H,2-3,8H2,1H3. The van der Waals surface area contributed by atoms with E-state index in [0.717, 1.165) is 18.6 Å². The molecule has 0 fully saturated rings. The van der Waals surface area contributed by atoms with Crippen LogP contribution in [0.25, 0.3) is 0 Å². The highest BCUT2D eigenvalue weighted by Gasteiger charge is 2.36. The van der Waals surface area contributed by atoms with Crippen LogP contribution in [0.3, 0.4) is 0 Å². The molecule has 0 unspecified atom stereocenters. The van der Waals surface area contributed by atoms with Crippen molar-refractivity contribution in [2.45, 2.75) is 27.4 Å². The Balaban J connectivity index is 2.23. The number of ether oxygens (including phenoxy) is 1. The maximum absolute atomic E-state index is 5.95. The average Bonchev–Trinajstić information content (AvgIpc) is 2.54. The number of nitrogens with zero attached hydrogens (tertiary/aromatic N) is 2. The van der Waals surface area contributed by atoms with E-state index in [0.29, 0.717) is 12.3 Å². The molecule has 1 aliphatic heterocycles. The number of halogens is 6. The van der Waals surface area contributed by atoms with Crippen LogP contribution in [0.4, 0.5) is 5.69 Å². The smallest absolute Gasteiger partial charge is 0.234 e. The molecule has 0 aliphatic carbocycles. The number of hydrogen-bond donors (Lipinski definition) is 1. The number of hydrogen-bond acceptors (Lipinski definition) is 4. The van der Waals surface area contributed by atoms with E-state index in [1.165, 1.54) is 11.2 Å². The first-order valence-corrected chi connectivity index (χ1v) is 9.62. The summed E-state index contributed by atoms with van der Waals surface area (Å²) >= 11 is 35.6. The van der Waals surface area contributed by atoms with Crippen molar-refractivity contribution in [1.29, 1.82) is 0 Å². The summed E-state index contributed by atoms with van der Waals surface area (Å²) in [4.78, 5) is 0. The minimum Gasteiger partial charge on any atom is -0.494 e. The van der Waals surface area contributed by atoms with Crippen LogP contribution in [0.2, 0.25) is 0 Å². The lowest BCUT2D eigenvalue weighted by Gasteiger charge is -2.31. The number of nitrogens with one attached hydrogen (secondary N) is 1. The second kappa shape index (κ2) is 8.64. The molecule has 0 bridgehead atoms. The van der Waals surface area contributed by atoms with E-state index in [1.807, 2.05) is 12.1 Å². The lowest BCUT2D eigenvalue weighted by atomic mass is 10.3. The number of allylic oxidation sites excluding steroid dienone is 2. The molecule has 1 aromatic rings. The molecule has 0 saturated carbocycles. The first-order chi connectivity index (χ1) is 11.6. The van der Waals surface area contributed by atoms with Gasteiger partial charge in [-0.3, -0.25) is 5.43 Å². The lowest BCUT2D eigenvalue weighted by molar-refractivity contribution is 0.309. The molecule has 4 nitrogen and oxygen atoms in total. The van der Waals surface area contributed by atoms with Crippen molar-refractivity contribution in [2.75, 3.05) is 11.7 Å². The van der Waals surface area contributed by atoms with Gasteiger partial charge in [0.15, 0.2) is 0 Å². The van der Waals surface area contributed by atoms with Gasteiger partial charge < -0.3 is 4.74 Å². The van der Waals surface area contributed by atoms with Gasteiger partial charge in [0.25, 0.3) is 0 Å². The van der Waals surface area contributed by atoms with Gasteiger partial charge in [-0.05, 0) is 36.8 Å². The molecule has 1 aromatic carbocycles. The largest absolute Gasteiger partial charge is 0.494 e. The van der Waals surface area contributed by atoms with Gasteiger partial charge in [0.1, 0.15) is 11.5 Å². The van der Waals surface area contributed by atoms with Crippen LogP contribution in [0.5, 0.6) is 5.75 Å². The molecule has 1 N–H and O–H groups in total. The molecule has 0 aromatic heterocycles. The summed E-state index contributed by atoms with van der Waals surface area (Å²) in [6.45, 7) is 2.76. The van der Waals surface area contributed by atoms with Crippen molar-refractivity contribution in [2.24, 2.45) is 5.10 Å². The molecule has 0 radical (unpaired) electrons. The Kier molecular flexibility index (Phi) is 7.28. The number of rotatable bonds is 5. The predicted octanol–water partition coefficient (Wildman–Crippen LogP) is 6.17. The average molecular weight is 466 g/mol. The molecular formula is C15H15Cl6N3O. The van der Waals surface area contributed by atoms with Gasteiger partial charge in [-0.2, -0.15) is 10.2 Å². The normalized spacial score (nSPS) is 15.4. The van der Waals surface area contributed by atoms with E-state index >= 15 is 0 Å². The first-order valence-electron chi connectivity index (χ1n) is 7.35. The van der Waals surface area contributed by atoms with Crippen molar-refractivity contribution in [3.8, 4) is 5.75 Å². The number of hydrazine groups is 1. The Morgan fingerprint density at radius 3 is 2.20 bits per heavy atom. The molecule has 0 amide bonds. The minimum atomic E-state index is -1.77. The van der Waals surface area contributed by atoms with Gasteiger partial charge in [-0.15, -0.1) is 0 Å². The summed E-state index contributed by atoms with van der Waals surface area (Å²) in [6.07, 6.45) is 3.44. The zero-order valence-electron chi connectivity index (χ0n) is 13.1. The van der Waals surface area contributed by atoms with Crippen LogP contribution in [0, 0.1) is 0 Å². The molecule has 0 atom stereocenters. The Bertz CT molecular complexity index is 649. The Hall–Kier alpha value is -0.230. The number of hydrazone groups is 1. The topological polar surface area (TPSA) is 36.9 Å². The number of unbranched alkanes of at least 4 members (excludes halogenated alkanes) is 1. The van der Waals surface area contributed by atoms with Gasteiger partial charge in [0.2, 0.25) is 7.59 Å². The third-order valence-electron chi connectivity index (χ3n) is 3.16. The lowest BCUT2D eigenvalue weighted by Crippen LogP contribution is -2.43. The van der Waals surface area contributed by atoms with E-state index in [-0.39, 0.29) is 11.4 Å². The van der Waals surface area contributed by atoms with Crippen molar-refractivity contribution in [3.05, 3.63) is 36.0 Å². The van der Waals surface area contributed by atoms with Gasteiger partial charge in [-0.1, -0.05) is 83.0 Å². The summed E-state index contributed by atoms with van der Waals surface area (Å²) in [5.41, 5.74) is 3.84. The molecule has 25 heavy (non-hydrogen) atoms. The van der Waals surface area contributed by atoms with Crippen LogP contribution in [-0.2, 0) is 0 Å². The van der Waals surface area contributed by atoms with Gasteiger partial charge in [-0.25, -0.2) is 0 Å². The fourth-order valence-electron chi connectivity index (χ4n) is 1.87. The maximum Gasteiger partial charge on any atom is 0.234 e. The van der Waals surface area contributed by atoms with Crippen molar-refractivity contribution >= 4 is 81.0 Å². The molecule has 1 aliphatic rings. The van der Waals surface area contributed by atoms with Crippen molar-refractivity contribution in [3.63, 3.8) is 0 Å². The number of benzene rings is 1. The van der Waals surface area contributed by atoms with E-state index in [1.54, 1.807) is 12.1 Å². The second-order valence-corrected chi connectivity index (χ2v) is 9.72. The summed E-state index contributed by atoms with van der Waals surface area (Å²) < 4.78 is 2.12. The summed E-state index contributed by atoms with van der Waals surface area (Å²) in [7, 11) is 0. The molecule has 10 heteroatoms. The highest BCUT2D eigenvalue weighted by Crippen LogP contribution is 2.38. The Labute approximate surface area is 176 Å². The second-order valence-electron chi connectivity index (χ2n) is 5.16. The van der Waals surface area contributed by atoms with Crippen LogP contribution in [0.1, 0.15) is 19.8 Å². The summed E-state index contributed by atoms with van der Waals surface area (Å²) in [6, 6.07) is 7.19. The maximum atomic E-state index is 5.95. The summed E-state index contributed by atoms with van der Waals surface area (Å²) in [5.74, 6) is 0.747. The first kappa shape index (κ1) is 21.1. The third kappa shape index (κ3) is 6.16. The van der Waals surface area contributed by atoms with E-state index in [4.69, 9.17) is 74.3 Å². The van der Waals surface area contributed by atoms with Crippen molar-refractivity contribution in [1.82, 2.24) is 5.43 Å². The number of anilines is 1. The van der Waals surface area contributed by atoms with Crippen LogP contribution in [0.15, 0.2) is 41.1 Å². The molecule has 2 rings (SSSR count). The van der Waals surface area contributed by atoms with E-state index in [9.17, 15) is 0 Å². The quantitative estimate of drug-likeness (QED) is 0.417. The minimum absolute atomic E-state index is 0.112. The highest BCUT2D eigenvalue weighted by atomic mass is 35.6. The van der Waals surface area contributed by atoms with Crippen molar-refractivity contribution < 1.29 is 4.74 Å². The monoisotopic (exact) mass is 463 g/mol. The molecule has 138 valence electrons. The fourth-order valence-corrected chi connectivity index (χ4v) is 2.44. The van der Waals surface area contributed by atoms with Crippen LogP contribution >= 0.6 is 69.6 Å². The third-order valence-corrected chi connectivity index (χ3v) is 4.35. The van der Waals surface area contributed by atoms with Gasteiger partial charge in [0, 0.05) is 0 Å². The summed E-state index contributed by atoms with van der Waals surface area (Å²) in [5, 5.41) is 5.61. The van der Waals surface area contributed by atoms with Gasteiger partial charge in [0.05, 0.1) is 18.0 Å². The molecule has 1 heterocycles. The Morgan fingerprint density at radius 1 is 1.04 bits per heavy atom. The van der Waals surface area contributed by atoms with Crippen LogP contribution in [-0.4, -0.2) is 19.9 Å². The molecule has 0 spiro atoms. The molecular weight excluding hydrogens is 451 g/mol. The van der Waals surface area contributed by atoms with Gasteiger partial charge >= 0.3 is 0 Å². The number of alkyl halides is 6. The molecule has 0 saturated heterocycles. The highest BCUT2D eigenvalue weighted by molar-refractivity contribution is 6.78. The predicted molar refractivity (Wildman–Crippen MR) is 109 cm³/mol. The Morgan fingerprint density at radius 2 is 1.68 bits per heavy atom. The van der Waals surface area contributed by atoms with Crippen LogP contribution < -0.4 is 15.3 Å². The SMILES string of the molecule is CCCCOc1ccc(N2N=C(C(Cl)(Cl)Cl)C=C(C(Cl)(Cl)Cl)N2)cc1. The van der Waals surface area contributed by atoms with E-state index < -0.39 is 7.59 Å². The fraction of sp³-hybridized carbons (Fsp3) is 0.400. The zero-order chi connectivity index (χ0) is 18.7. The zero-order valence-corrected chi connectivity index (χ0v) is 17.6.